The number of halogens is 4. The van der Waals surface area contributed by atoms with Gasteiger partial charge in [0.25, 0.3) is 11.5 Å². The zero-order valence-electron chi connectivity index (χ0n) is 15.7. The van der Waals surface area contributed by atoms with E-state index in [2.05, 4.69) is 15.2 Å². The molecule has 2 aromatic heterocycles. The number of rotatable bonds is 3. The summed E-state index contributed by atoms with van der Waals surface area (Å²) in [7, 11) is 1.44. The van der Waals surface area contributed by atoms with E-state index in [1.54, 1.807) is 6.92 Å². The van der Waals surface area contributed by atoms with Crippen LogP contribution in [-0.2, 0) is 0 Å². The molecule has 0 radical (unpaired) electrons. The molecule has 2 aromatic carbocycles. The van der Waals surface area contributed by atoms with Crippen LogP contribution < -0.4 is 5.56 Å². The van der Waals surface area contributed by atoms with Crippen molar-refractivity contribution in [2.45, 2.75) is 13.0 Å². The second kappa shape index (κ2) is 6.97. The topological polar surface area (TPSA) is 81.8 Å². The lowest BCUT2D eigenvalue weighted by molar-refractivity contribution is 0.0735. The van der Waals surface area contributed by atoms with Crippen LogP contribution >= 0.6 is 0 Å². The highest BCUT2D eigenvalue weighted by molar-refractivity contribution is 5.98. The van der Waals surface area contributed by atoms with Gasteiger partial charge in [0.2, 0.25) is 0 Å². The van der Waals surface area contributed by atoms with Crippen molar-refractivity contribution in [1.82, 2.24) is 20.1 Å². The van der Waals surface area contributed by atoms with Gasteiger partial charge in [0.1, 0.15) is 5.69 Å². The number of nitrogens with one attached hydrogen (secondary N) is 2. The van der Waals surface area contributed by atoms with Gasteiger partial charge >= 0.3 is 0 Å². The molecule has 0 saturated carbocycles. The third kappa shape index (κ3) is 3.10. The van der Waals surface area contributed by atoms with Crippen LogP contribution in [-0.4, -0.2) is 33.0 Å². The number of nitrogens with zero attached hydrogens (tertiary/aromatic N) is 2. The Hall–Kier alpha value is -3.69. The van der Waals surface area contributed by atoms with E-state index in [1.165, 1.54) is 18.0 Å². The summed E-state index contributed by atoms with van der Waals surface area (Å²) in [5.74, 6) is -4.97. The van der Waals surface area contributed by atoms with E-state index in [9.17, 15) is 27.2 Å². The van der Waals surface area contributed by atoms with Crippen LogP contribution in [0.5, 0.6) is 0 Å². The number of aromatic nitrogens is 3. The lowest BCUT2D eigenvalue weighted by Gasteiger charge is -2.24. The van der Waals surface area contributed by atoms with Gasteiger partial charge in [0.15, 0.2) is 23.3 Å². The fourth-order valence-corrected chi connectivity index (χ4v) is 3.29. The lowest BCUT2D eigenvalue weighted by Crippen LogP contribution is -2.31. The number of benzene rings is 2. The summed E-state index contributed by atoms with van der Waals surface area (Å²) in [5, 5.41) is 6.39. The summed E-state index contributed by atoms with van der Waals surface area (Å²) < 4.78 is 54.2. The number of H-pyrrole nitrogens is 2. The number of amides is 1. The minimum atomic E-state index is -1.18. The Morgan fingerprint density at radius 1 is 0.967 bits per heavy atom. The molecule has 4 rings (SSSR count). The van der Waals surface area contributed by atoms with E-state index in [1.807, 2.05) is 0 Å². The van der Waals surface area contributed by atoms with Crippen molar-refractivity contribution in [2.75, 3.05) is 7.05 Å². The SMILES string of the molecule is C[C@H](c1n[nH]c(=O)c2cc(F)c(F)cc12)N(C)C(=O)c1cc2cc(F)c(F)cc2[nH]1. The number of carbonyl (C=O) groups is 1. The van der Waals surface area contributed by atoms with Crippen LogP contribution in [0.15, 0.2) is 35.1 Å². The summed E-state index contributed by atoms with van der Waals surface area (Å²) >= 11 is 0. The van der Waals surface area contributed by atoms with E-state index < -0.39 is 40.8 Å². The van der Waals surface area contributed by atoms with Gasteiger partial charge in [-0.15, -0.1) is 0 Å². The summed E-state index contributed by atoms with van der Waals surface area (Å²) in [6.07, 6.45) is 0. The van der Waals surface area contributed by atoms with E-state index in [0.29, 0.717) is 5.39 Å². The molecule has 10 heteroatoms. The van der Waals surface area contributed by atoms with E-state index in [4.69, 9.17) is 0 Å². The molecule has 2 N–H and O–H groups in total. The number of fused-ring (bicyclic) bond motifs is 2. The van der Waals surface area contributed by atoms with Crippen molar-refractivity contribution >= 4 is 27.6 Å². The van der Waals surface area contributed by atoms with Crippen molar-refractivity contribution in [1.29, 1.82) is 0 Å². The van der Waals surface area contributed by atoms with Gasteiger partial charge in [-0.1, -0.05) is 0 Å². The molecule has 0 spiro atoms. The van der Waals surface area contributed by atoms with Gasteiger partial charge < -0.3 is 9.88 Å². The van der Waals surface area contributed by atoms with Crippen LogP contribution in [0.25, 0.3) is 21.7 Å². The summed E-state index contributed by atoms with van der Waals surface area (Å²) in [6.45, 7) is 1.58. The molecule has 2 heterocycles. The van der Waals surface area contributed by atoms with Crippen LogP contribution in [0.4, 0.5) is 17.6 Å². The van der Waals surface area contributed by atoms with Gasteiger partial charge in [0, 0.05) is 29.4 Å². The van der Waals surface area contributed by atoms with E-state index in [-0.39, 0.29) is 27.7 Å². The first-order valence-electron chi connectivity index (χ1n) is 8.79. The van der Waals surface area contributed by atoms with Crippen molar-refractivity contribution in [3.63, 3.8) is 0 Å². The molecule has 0 fully saturated rings. The average molecular weight is 418 g/mol. The van der Waals surface area contributed by atoms with Gasteiger partial charge in [-0.3, -0.25) is 9.59 Å². The molecule has 0 aliphatic rings. The first kappa shape index (κ1) is 19.6. The Balaban J connectivity index is 1.74. The van der Waals surface area contributed by atoms with Crippen LogP contribution in [0.1, 0.15) is 29.1 Å². The van der Waals surface area contributed by atoms with Crippen molar-refractivity contribution in [2.24, 2.45) is 0 Å². The molecule has 0 saturated heterocycles. The standard InChI is InChI=1S/C20H14F4N4O2/c1-8(18-10-5-13(22)14(23)6-11(10)19(29)27-26-18)28(2)20(30)17-4-9-3-12(21)15(24)7-16(9)25-17/h3-8,25H,1-2H3,(H,27,29)/t8-/m1/s1. The second-order valence-electron chi connectivity index (χ2n) is 6.88. The first-order chi connectivity index (χ1) is 14.2. The Labute approximate surface area is 166 Å². The summed E-state index contributed by atoms with van der Waals surface area (Å²) in [5.41, 5.74) is -0.250. The fraction of sp³-hybridized carbons (Fsp3) is 0.150. The molecule has 154 valence electrons. The quantitative estimate of drug-likeness (QED) is 0.497. The number of aromatic amines is 2. The maximum Gasteiger partial charge on any atom is 0.272 e. The van der Waals surface area contributed by atoms with Crippen LogP contribution in [0, 0.1) is 23.3 Å². The minimum absolute atomic E-state index is 0.0607. The molecule has 0 aliphatic carbocycles. The molecule has 30 heavy (non-hydrogen) atoms. The van der Waals surface area contributed by atoms with Gasteiger partial charge in [0.05, 0.1) is 17.1 Å². The monoisotopic (exact) mass is 418 g/mol. The molecule has 1 atom stereocenters. The molecular formula is C20H14F4N4O2. The largest absolute Gasteiger partial charge is 0.350 e. The van der Waals surface area contributed by atoms with E-state index in [0.717, 1.165) is 24.3 Å². The summed E-state index contributed by atoms with van der Waals surface area (Å²) in [6, 6.07) is 4.14. The number of hydrogen-bond acceptors (Lipinski definition) is 3. The lowest BCUT2D eigenvalue weighted by atomic mass is 10.1. The Bertz CT molecular complexity index is 1340. The first-order valence-corrected chi connectivity index (χ1v) is 8.79. The van der Waals surface area contributed by atoms with Crippen molar-refractivity contribution in [3.05, 3.63) is 75.3 Å². The Morgan fingerprint density at radius 3 is 2.27 bits per heavy atom. The molecule has 1 amide bonds. The summed E-state index contributed by atoms with van der Waals surface area (Å²) in [4.78, 5) is 28.8. The van der Waals surface area contributed by atoms with Crippen molar-refractivity contribution in [3.8, 4) is 0 Å². The second-order valence-corrected chi connectivity index (χ2v) is 6.88. The highest BCUT2D eigenvalue weighted by atomic mass is 19.2. The third-order valence-corrected chi connectivity index (χ3v) is 5.05. The zero-order chi connectivity index (χ0) is 21.7. The maximum atomic E-state index is 13.8. The number of hydrogen-bond donors (Lipinski definition) is 2. The Morgan fingerprint density at radius 2 is 1.57 bits per heavy atom. The molecular weight excluding hydrogens is 404 g/mol. The highest BCUT2D eigenvalue weighted by Gasteiger charge is 2.25. The highest BCUT2D eigenvalue weighted by Crippen LogP contribution is 2.27. The zero-order valence-corrected chi connectivity index (χ0v) is 15.7. The average Bonchev–Trinajstić information content (AvgIpc) is 3.11. The molecule has 4 aromatic rings. The molecule has 6 nitrogen and oxygen atoms in total. The predicted octanol–water partition coefficient (Wildman–Crippen LogP) is 3.79. The van der Waals surface area contributed by atoms with E-state index >= 15 is 0 Å². The van der Waals surface area contributed by atoms with Crippen molar-refractivity contribution < 1.29 is 22.4 Å². The van der Waals surface area contributed by atoms with Gasteiger partial charge in [-0.2, -0.15) is 5.10 Å². The molecule has 0 aliphatic heterocycles. The van der Waals surface area contributed by atoms with Crippen LogP contribution in [0.3, 0.4) is 0 Å². The maximum absolute atomic E-state index is 13.8. The van der Waals surface area contributed by atoms with Gasteiger partial charge in [-0.25, -0.2) is 22.7 Å². The predicted molar refractivity (Wildman–Crippen MR) is 101 cm³/mol. The fourth-order valence-electron chi connectivity index (χ4n) is 3.29. The molecule has 0 unspecified atom stereocenters. The smallest absolute Gasteiger partial charge is 0.272 e. The van der Waals surface area contributed by atoms with Crippen LogP contribution in [0.2, 0.25) is 0 Å². The van der Waals surface area contributed by atoms with Gasteiger partial charge in [-0.05, 0) is 31.2 Å². The number of carbonyl (C=O) groups excluding carboxylic acids is 1. The molecule has 0 bridgehead atoms. The Kier molecular flexibility index (Phi) is 4.56. The minimum Gasteiger partial charge on any atom is -0.350 e. The third-order valence-electron chi connectivity index (χ3n) is 5.05. The normalized spacial score (nSPS) is 12.5.